The van der Waals surface area contributed by atoms with Gasteiger partial charge in [-0.15, -0.1) is 0 Å². The number of hydrogen-bond donors (Lipinski definition) is 0. The van der Waals surface area contributed by atoms with Gasteiger partial charge in [0.2, 0.25) is 0 Å². The third-order valence-electron chi connectivity index (χ3n) is 4.80. The van der Waals surface area contributed by atoms with Crippen LogP contribution in [-0.2, 0) is 0 Å². The molecule has 0 bridgehead atoms. The van der Waals surface area contributed by atoms with Gasteiger partial charge in [0.05, 0.1) is 0 Å². The summed E-state index contributed by atoms with van der Waals surface area (Å²) in [7, 11) is 8.46. The fourth-order valence-electron chi connectivity index (χ4n) is 3.65. The molecule has 0 aliphatic heterocycles. The van der Waals surface area contributed by atoms with Crippen molar-refractivity contribution < 1.29 is 0 Å². The highest BCUT2D eigenvalue weighted by Gasteiger charge is 2.13. The average Bonchev–Trinajstić information content (AvgIpc) is 2.67. The van der Waals surface area contributed by atoms with Crippen LogP contribution < -0.4 is 9.80 Å². The van der Waals surface area contributed by atoms with Crippen LogP contribution in [-0.4, -0.2) is 28.2 Å². The zero-order valence-corrected chi connectivity index (χ0v) is 16.7. The van der Waals surface area contributed by atoms with E-state index in [9.17, 15) is 0 Å². The molecule has 2 heteroatoms. The standard InChI is InChI=1S/C22H22N2.C2H6/c1-23(2)21-13-19-16-10-6-8-12-18(16)22(24(3)4)14-20(19)15-9-5-7-11-17(15)21;1-2/h5-14H,1-4H3;1-2H3. The maximum absolute atomic E-state index is 2.33. The highest BCUT2D eigenvalue weighted by atomic mass is 15.1. The van der Waals surface area contributed by atoms with E-state index in [-0.39, 0.29) is 0 Å². The van der Waals surface area contributed by atoms with E-state index in [0.717, 1.165) is 0 Å². The van der Waals surface area contributed by atoms with Gasteiger partial charge < -0.3 is 9.80 Å². The zero-order chi connectivity index (χ0) is 18.8. The second-order valence-electron chi connectivity index (χ2n) is 6.77. The van der Waals surface area contributed by atoms with Crippen LogP contribution in [0, 0.1) is 0 Å². The largest absolute Gasteiger partial charge is 0.377 e. The third-order valence-corrected chi connectivity index (χ3v) is 4.80. The molecule has 26 heavy (non-hydrogen) atoms. The van der Waals surface area contributed by atoms with E-state index in [1.165, 1.54) is 43.7 Å². The quantitative estimate of drug-likeness (QED) is 0.393. The lowest BCUT2D eigenvalue weighted by atomic mass is 9.94. The van der Waals surface area contributed by atoms with Crippen molar-refractivity contribution in [3.8, 4) is 0 Å². The van der Waals surface area contributed by atoms with Gasteiger partial charge in [-0.25, -0.2) is 0 Å². The summed E-state index contributed by atoms with van der Waals surface area (Å²) in [5, 5.41) is 7.86. The fourth-order valence-corrected chi connectivity index (χ4v) is 3.65. The Morgan fingerprint density at radius 2 is 0.769 bits per heavy atom. The number of anilines is 2. The van der Waals surface area contributed by atoms with Crippen LogP contribution >= 0.6 is 0 Å². The molecule has 4 aromatic rings. The number of nitrogens with zero attached hydrogens (tertiary/aromatic N) is 2. The third kappa shape index (κ3) is 2.86. The van der Waals surface area contributed by atoms with E-state index in [2.05, 4.69) is 98.7 Å². The number of fused-ring (bicyclic) bond motifs is 5. The normalized spacial score (nSPS) is 10.7. The molecule has 0 radical (unpaired) electrons. The Kier molecular flexibility index (Phi) is 5.03. The predicted molar refractivity (Wildman–Crippen MR) is 119 cm³/mol. The molecule has 0 saturated carbocycles. The molecule has 134 valence electrons. The summed E-state index contributed by atoms with van der Waals surface area (Å²) in [5.41, 5.74) is 2.53. The van der Waals surface area contributed by atoms with E-state index >= 15 is 0 Å². The maximum Gasteiger partial charge on any atom is 0.0447 e. The fraction of sp³-hybridized carbons (Fsp3) is 0.250. The van der Waals surface area contributed by atoms with Crippen molar-refractivity contribution in [2.45, 2.75) is 13.8 Å². The zero-order valence-electron chi connectivity index (χ0n) is 16.7. The van der Waals surface area contributed by atoms with Crippen LogP contribution in [0.15, 0.2) is 60.7 Å². The molecule has 0 saturated heterocycles. The average molecular weight is 345 g/mol. The summed E-state index contributed by atoms with van der Waals surface area (Å²) >= 11 is 0. The van der Waals surface area contributed by atoms with Crippen LogP contribution in [0.1, 0.15) is 13.8 Å². The summed E-state index contributed by atoms with van der Waals surface area (Å²) < 4.78 is 0. The smallest absolute Gasteiger partial charge is 0.0447 e. The Morgan fingerprint density at radius 3 is 1.08 bits per heavy atom. The topological polar surface area (TPSA) is 6.48 Å². The first-order valence-electron chi connectivity index (χ1n) is 9.30. The van der Waals surface area contributed by atoms with Crippen molar-refractivity contribution in [1.82, 2.24) is 0 Å². The van der Waals surface area contributed by atoms with Gasteiger partial charge in [0.1, 0.15) is 0 Å². The van der Waals surface area contributed by atoms with Gasteiger partial charge >= 0.3 is 0 Å². The van der Waals surface area contributed by atoms with Gasteiger partial charge in [-0.2, -0.15) is 0 Å². The monoisotopic (exact) mass is 344 g/mol. The van der Waals surface area contributed by atoms with Gasteiger partial charge in [0, 0.05) is 50.3 Å². The van der Waals surface area contributed by atoms with E-state index in [0.29, 0.717) is 0 Å². The molecule has 0 aliphatic rings. The first-order valence-corrected chi connectivity index (χ1v) is 9.30. The first-order chi connectivity index (χ1) is 12.6. The summed E-state index contributed by atoms with van der Waals surface area (Å²) in [5.74, 6) is 0. The Morgan fingerprint density at radius 1 is 0.462 bits per heavy atom. The van der Waals surface area contributed by atoms with Crippen molar-refractivity contribution in [2.75, 3.05) is 38.0 Å². The highest BCUT2D eigenvalue weighted by molar-refractivity contribution is 6.23. The minimum absolute atomic E-state index is 1.26. The van der Waals surface area contributed by atoms with E-state index in [4.69, 9.17) is 0 Å². The molecule has 0 atom stereocenters. The highest BCUT2D eigenvalue weighted by Crippen LogP contribution is 2.40. The minimum atomic E-state index is 1.26. The van der Waals surface area contributed by atoms with Gasteiger partial charge in [-0.05, 0) is 33.7 Å². The van der Waals surface area contributed by atoms with Gasteiger partial charge in [-0.1, -0.05) is 62.4 Å². The van der Waals surface area contributed by atoms with Crippen LogP contribution in [0.3, 0.4) is 0 Å². The van der Waals surface area contributed by atoms with Crippen molar-refractivity contribution in [3.05, 3.63) is 60.7 Å². The van der Waals surface area contributed by atoms with Gasteiger partial charge in [0.25, 0.3) is 0 Å². The minimum Gasteiger partial charge on any atom is -0.377 e. The summed E-state index contributed by atoms with van der Waals surface area (Å²) in [6.07, 6.45) is 0. The lowest BCUT2D eigenvalue weighted by Crippen LogP contribution is -2.10. The Labute approximate surface area is 156 Å². The Bertz CT molecular complexity index is 975. The van der Waals surface area contributed by atoms with Crippen LogP contribution in [0.2, 0.25) is 0 Å². The lowest BCUT2D eigenvalue weighted by molar-refractivity contribution is 1.14. The number of hydrogen-bond acceptors (Lipinski definition) is 2. The van der Waals surface area contributed by atoms with Crippen LogP contribution in [0.5, 0.6) is 0 Å². The summed E-state index contributed by atoms with van der Waals surface area (Å²) in [6, 6.07) is 22.1. The molecule has 0 aromatic heterocycles. The Hall–Kier alpha value is -2.74. The predicted octanol–water partition coefficient (Wildman–Crippen LogP) is 6.30. The Balaban J connectivity index is 0.000000948. The molecule has 4 rings (SSSR count). The molecule has 0 spiro atoms. The van der Waals surface area contributed by atoms with Crippen molar-refractivity contribution >= 4 is 43.7 Å². The number of benzene rings is 4. The van der Waals surface area contributed by atoms with E-state index < -0.39 is 0 Å². The molecule has 0 N–H and O–H groups in total. The second-order valence-corrected chi connectivity index (χ2v) is 6.77. The van der Waals surface area contributed by atoms with Crippen molar-refractivity contribution in [2.24, 2.45) is 0 Å². The second kappa shape index (κ2) is 7.25. The van der Waals surface area contributed by atoms with Crippen molar-refractivity contribution in [3.63, 3.8) is 0 Å². The van der Waals surface area contributed by atoms with Gasteiger partial charge in [0.15, 0.2) is 0 Å². The van der Waals surface area contributed by atoms with Crippen LogP contribution in [0.4, 0.5) is 11.4 Å². The molecule has 0 aliphatic carbocycles. The molecule has 4 aromatic carbocycles. The maximum atomic E-state index is 2.33. The summed E-state index contributed by atoms with van der Waals surface area (Å²) in [6.45, 7) is 4.00. The lowest BCUT2D eigenvalue weighted by Gasteiger charge is -2.21. The van der Waals surface area contributed by atoms with Crippen molar-refractivity contribution in [1.29, 1.82) is 0 Å². The molecule has 0 amide bonds. The van der Waals surface area contributed by atoms with E-state index in [1.807, 2.05) is 13.8 Å². The van der Waals surface area contributed by atoms with Crippen LogP contribution in [0.25, 0.3) is 32.3 Å². The molecular formula is C24H28N2. The first kappa shape index (κ1) is 18.1. The molecule has 2 nitrogen and oxygen atoms in total. The molecule has 0 fully saturated rings. The SMILES string of the molecule is CC.CN(C)c1cc2c3ccccc3c(N(C)C)cc2c2ccccc12. The molecule has 0 heterocycles. The molecule has 0 unspecified atom stereocenters. The number of rotatable bonds is 2. The van der Waals surface area contributed by atoms with Gasteiger partial charge in [-0.3, -0.25) is 0 Å². The molecular weight excluding hydrogens is 316 g/mol. The summed E-state index contributed by atoms with van der Waals surface area (Å²) in [4.78, 5) is 4.41. The van der Waals surface area contributed by atoms with E-state index in [1.54, 1.807) is 0 Å².